The van der Waals surface area contributed by atoms with E-state index in [2.05, 4.69) is 25.1 Å². The Morgan fingerprint density at radius 2 is 1.52 bits per heavy atom. The maximum Gasteiger partial charge on any atom is 0.321 e. The zero-order valence-corrected chi connectivity index (χ0v) is 15.3. The van der Waals surface area contributed by atoms with Crippen LogP contribution >= 0.6 is 0 Å². The molecule has 0 aliphatic carbocycles. The zero-order chi connectivity index (χ0) is 18.5. The average Bonchev–Trinajstić information content (AvgIpc) is 2.75. The Kier molecular flexibility index (Phi) is 5.34. The number of hydrogen-bond donors (Lipinski definition) is 1. The topological polar surface area (TPSA) is 73.8 Å². The van der Waals surface area contributed by atoms with E-state index in [1.54, 1.807) is 6.33 Å². The third-order valence-corrected chi connectivity index (χ3v) is 4.89. The van der Waals surface area contributed by atoms with Gasteiger partial charge in [-0.05, 0) is 12.1 Å². The Labute approximate surface area is 158 Å². The summed E-state index contributed by atoms with van der Waals surface area (Å²) in [5, 5.41) is 2.94. The highest BCUT2D eigenvalue weighted by Gasteiger charge is 2.23. The molecule has 1 aromatic carbocycles. The number of rotatable bonds is 3. The van der Waals surface area contributed by atoms with Crippen molar-refractivity contribution >= 4 is 23.4 Å². The van der Waals surface area contributed by atoms with Crippen LogP contribution in [-0.2, 0) is 4.74 Å². The van der Waals surface area contributed by atoms with Crippen LogP contribution < -0.4 is 15.1 Å². The molecule has 8 heteroatoms. The van der Waals surface area contributed by atoms with Gasteiger partial charge in [0.2, 0.25) is 0 Å². The minimum absolute atomic E-state index is 0.0578. The van der Waals surface area contributed by atoms with E-state index in [0.717, 1.165) is 56.7 Å². The van der Waals surface area contributed by atoms with Crippen LogP contribution in [0.5, 0.6) is 0 Å². The molecule has 0 saturated carbocycles. The van der Waals surface area contributed by atoms with Crippen LogP contribution in [0.15, 0.2) is 42.7 Å². The predicted octanol–water partition coefficient (Wildman–Crippen LogP) is 1.67. The molecule has 27 heavy (non-hydrogen) atoms. The fourth-order valence-corrected chi connectivity index (χ4v) is 3.34. The molecule has 8 nitrogen and oxygen atoms in total. The number of ether oxygens (including phenoxy) is 1. The lowest BCUT2D eigenvalue weighted by Crippen LogP contribution is -2.50. The van der Waals surface area contributed by atoms with Crippen LogP contribution in [0, 0.1) is 0 Å². The van der Waals surface area contributed by atoms with Crippen LogP contribution in [0.25, 0.3) is 0 Å². The van der Waals surface area contributed by atoms with E-state index in [9.17, 15) is 4.79 Å². The van der Waals surface area contributed by atoms with Gasteiger partial charge in [-0.2, -0.15) is 0 Å². The zero-order valence-electron chi connectivity index (χ0n) is 15.3. The van der Waals surface area contributed by atoms with Gasteiger partial charge in [-0.15, -0.1) is 0 Å². The number of urea groups is 1. The Hall–Kier alpha value is -2.87. The van der Waals surface area contributed by atoms with E-state index < -0.39 is 0 Å². The molecular weight excluding hydrogens is 344 g/mol. The number of benzene rings is 1. The summed E-state index contributed by atoms with van der Waals surface area (Å²) in [6.45, 7) is 5.99. The van der Waals surface area contributed by atoms with E-state index in [0.29, 0.717) is 13.1 Å². The van der Waals surface area contributed by atoms with Gasteiger partial charge in [-0.3, -0.25) is 0 Å². The molecule has 2 fully saturated rings. The molecule has 0 radical (unpaired) electrons. The van der Waals surface area contributed by atoms with Crippen molar-refractivity contribution in [3.05, 3.63) is 42.7 Å². The summed E-state index contributed by atoms with van der Waals surface area (Å²) >= 11 is 0. The molecule has 3 heterocycles. The first-order valence-corrected chi connectivity index (χ1v) is 9.30. The molecule has 2 saturated heterocycles. The summed E-state index contributed by atoms with van der Waals surface area (Å²) in [7, 11) is 0. The summed E-state index contributed by atoms with van der Waals surface area (Å²) in [6, 6.07) is 11.5. The molecule has 0 atom stereocenters. The summed E-state index contributed by atoms with van der Waals surface area (Å²) < 4.78 is 5.41. The average molecular weight is 368 g/mol. The number of carbonyl (C=O) groups is 1. The van der Waals surface area contributed by atoms with Gasteiger partial charge in [-0.25, -0.2) is 14.8 Å². The number of morpholine rings is 1. The number of nitrogens with zero attached hydrogens (tertiary/aromatic N) is 5. The molecule has 2 amide bonds. The lowest BCUT2D eigenvalue weighted by Gasteiger charge is -2.35. The van der Waals surface area contributed by atoms with Crippen LogP contribution in [0.4, 0.5) is 22.1 Å². The van der Waals surface area contributed by atoms with Gasteiger partial charge in [0.25, 0.3) is 0 Å². The van der Waals surface area contributed by atoms with Crippen LogP contribution in [0.2, 0.25) is 0 Å². The standard InChI is InChI=1S/C19H24N6O2/c26-19(22-16-4-2-1-3-5-16)25-8-6-23(7-9-25)17-14-18(21-15-20-17)24-10-12-27-13-11-24/h1-5,14-15H,6-13H2,(H,22,26). The fourth-order valence-electron chi connectivity index (χ4n) is 3.34. The first kappa shape index (κ1) is 17.5. The smallest absolute Gasteiger partial charge is 0.321 e. The lowest BCUT2D eigenvalue weighted by molar-refractivity contribution is 0.122. The molecule has 2 aromatic rings. The fraction of sp³-hybridized carbons (Fsp3) is 0.421. The lowest BCUT2D eigenvalue weighted by atomic mass is 10.3. The first-order chi connectivity index (χ1) is 13.3. The molecule has 4 rings (SSSR count). The molecule has 1 aromatic heterocycles. The highest BCUT2D eigenvalue weighted by molar-refractivity contribution is 5.89. The van der Waals surface area contributed by atoms with E-state index in [1.807, 2.05) is 41.3 Å². The molecule has 142 valence electrons. The number of amides is 2. The van der Waals surface area contributed by atoms with Gasteiger partial charge in [0.1, 0.15) is 18.0 Å². The summed E-state index contributed by atoms with van der Waals surface area (Å²) in [4.78, 5) is 27.5. The summed E-state index contributed by atoms with van der Waals surface area (Å²) in [6.07, 6.45) is 1.62. The van der Waals surface area contributed by atoms with Crippen molar-refractivity contribution in [1.29, 1.82) is 0 Å². The predicted molar refractivity (Wildman–Crippen MR) is 104 cm³/mol. The van der Waals surface area contributed by atoms with Crippen molar-refractivity contribution in [3.8, 4) is 0 Å². The van der Waals surface area contributed by atoms with Crippen molar-refractivity contribution in [2.45, 2.75) is 0 Å². The number of aromatic nitrogens is 2. The van der Waals surface area contributed by atoms with Crippen molar-refractivity contribution in [1.82, 2.24) is 14.9 Å². The first-order valence-electron chi connectivity index (χ1n) is 9.30. The van der Waals surface area contributed by atoms with Gasteiger partial charge in [0, 0.05) is 51.0 Å². The van der Waals surface area contributed by atoms with Gasteiger partial charge >= 0.3 is 6.03 Å². The quantitative estimate of drug-likeness (QED) is 0.888. The minimum atomic E-state index is -0.0578. The highest BCUT2D eigenvalue weighted by atomic mass is 16.5. The maximum atomic E-state index is 12.4. The van der Waals surface area contributed by atoms with Crippen LogP contribution in [0.3, 0.4) is 0 Å². The SMILES string of the molecule is O=C(Nc1ccccc1)N1CCN(c2cc(N3CCOCC3)ncn2)CC1. The molecule has 0 unspecified atom stereocenters. The number of nitrogens with one attached hydrogen (secondary N) is 1. The van der Waals surface area contributed by atoms with Gasteiger partial charge in [-0.1, -0.05) is 18.2 Å². The van der Waals surface area contributed by atoms with Crippen molar-refractivity contribution < 1.29 is 9.53 Å². The molecule has 1 N–H and O–H groups in total. The number of hydrogen-bond acceptors (Lipinski definition) is 6. The van der Waals surface area contributed by atoms with Gasteiger partial charge < -0.3 is 24.8 Å². The van der Waals surface area contributed by atoms with Gasteiger partial charge in [0.15, 0.2) is 0 Å². The Bertz CT molecular complexity index is 758. The molecule has 0 bridgehead atoms. The minimum Gasteiger partial charge on any atom is -0.378 e. The number of piperazine rings is 1. The van der Waals surface area contributed by atoms with Gasteiger partial charge in [0.05, 0.1) is 13.2 Å². The van der Waals surface area contributed by atoms with Crippen LogP contribution in [-0.4, -0.2) is 73.4 Å². The Balaban J connectivity index is 1.34. The Morgan fingerprint density at radius 3 is 2.19 bits per heavy atom. The van der Waals surface area contributed by atoms with E-state index in [4.69, 9.17) is 4.74 Å². The number of anilines is 3. The highest BCUT2D eigenvalue weighted by Crippen LogP contribution is 2.20. The third kappa shape index (κ3) is 4.28. The van der Waals surface area contributed by atoms with E-state index in [1.165, 1.54) is 0 Å². The number of carbonyl (C=O) groups excluding carboxylic acids is 1. The monoisotopic (exact) mass is 368 g/mol. The van der Waals surface area contributed by atoms with E-state index in [-0.39, 0.29) is 6.03 Å². The second kappa shape index (κ2) is 8.22. The second-order valence-corrected chi connectivity index (χ2v) is 6.60. The van der Waals surface area contributed by atoms with E-state index >= 15 is 0 Å². The summed E-state index contributed by atoms with van der Waals surface area (Å²) in [5.74, 6) is 1.85. The molecule has 2 aliphatic heterocycles. The normalized spacial score (nSPS) is 17.7. The van der Waals surface area contributed by atoms with Crippen molar-refractivity contribution in [2.75, 3.05) is 67.6 Å². The maximum absolute atomic E-state index is 12.4. The molecular formula is C19H24N6O2. The third-order valence-electron chi connectivity index (χ3n) is 4.89. The van der Waals surface area contributed by atoms with Crippen molar-refractivity contribution in [2.24, 2.45) is 0 Å². The Morgan fingerprint density at radius 1 is 0.889 bits per heavy atom. The largest absolute Gasteiger partial charge is 0.378 e. The van der Waals surface area contributed by atoms with Crippen molar-refractivity contribution in [3.63, 3.8) is 0 Å². The van der Waals surface area contributed by atoms with Crippen LogP contribution in [0.1, 0.15) is 0 Å². The second-order valence-electron chi connectivity index (χ2n) is 6.60. The number of para-hydroxylation sites is 1. The molecule has 0 spiro atoms. The summed E-state index contributed by atoms with van der Waals surface area (Å²) in [5.41, 5.74) is 0.816. The molecule has 2 aliphatic rings.